The second kappa shape index (κ2) is 13.6. The number of hydrogen-bond donors (Lipinski definition) is 0. The van der Waals surface area contributed by atoms with E-state index in [9.17, 15) is 0 Å². The molecule has 10 aromatic rings. The first-order valence-corrected chi connectivity index (χ1v) is 20.6. The van der Waals surface area contributed by atoms with Gasteiger partial charge in [0.2, 0.25) is 0 Å². The van der Waals surface area contributed by atoms with Crippen LogP contribution in [0.2, 0.25) is 0 Å². The highest BCUT2D eigenvalue weighted by molar-refractivity contribution is 7.26. The van der Waals surface area contributed by atoms with Crippen LogP contribution in [-0.4, -0.2) is 15.0 Å². The van der Waals surface area contributed by atoms with Crippen LogP contribution in [0, 0.1) is 0 Å². The van der Waals surface area contributed by atoms with E-state index < -0.39 is 0 Å². The van der Waals surface area contributed by atoms with Gasteiger partial charge in [-0.25, -0.2) is 15.0 Å². The van der Waals surface area contributed by atoms with Crippen molar-refractivity contribution in [1.82, 2.24) is 15.0 Å². The van der Waals surface area contributed by atoms with Gasteiger partial charge in [0, 0.05) is 47.8 Å². The van der Waals surface area contributed by atoms with Crippen LogP contribution in [0.5, 0.6) is 0 Å². The Labute approximate surface area is 342 Å². The molecule has 11 rings (SSSR count). The smallest absolute Gasteiger partial charge is 0.164 e. The molecule has 0 atom stereocenters. The van der Waals surface area contributed by atoms with Gasteiger partial charge in [-0.1, -0.05) is 178 Å². The van der Waals surface area contributed by atoms with Crippen LogP contribution in [0.25, 0.3) is 98.8 Å². The molecule has 2 heterocycles. The Kier molecular flexibility index (Phi) is 8.02. The van der Waals surface area contributed by atoms with E-state index in [4.69, 9.17) is 15.0 Å². The van der Waals surface area contributed by atoms with Crippen molar-refractivity contribution in [3.05, 3.63) is 199 Å². The molecule has 0 N–H and O–H groups in total. The minimum atomic E-state index is -0.0684. The number of hydrogen-bond acceptors (Lipinski definition) is 4. The molecule has 0 amide bonds. The lowest BCUT2D eigenvalue weighted by Gasteiger charge is -2.22. The van der Waals surface area contributed by atoms with E-state index in [2.05, 4.69) is 166 Å². The summed E-state index contributed by atoms with van der Waals surface area (Å²) in [5.41, 5.74) is 15.5. The highest BCUT2D eigenvalue weighted by Crippen LogP contribution is 2.51. The molecule has 1 aliphatic rings. The number of benzene rings is 8. The molecule has 0 bridgehead atoms. The fraction of sp³-hybridized carbons (Fsp3) is 0.0556. The van der Waals surface area contributed by atoms with E-state index in [1.54, 1.807) is 0 Å². The molecule has 274 valence electrons. The maximum atomic E-state index is 5.07. The summed E-state index contributed by atoms with van der Waals surface area (Å²) in [5, 5.41) is 2.53. The molecule has 0 saturated carbocycles. The van der Waals surface area contributed by atoms with Gasteiger partial charge in [0.1, 0.15) is 0 Å². The summed E-state index contributed by atoms with van der Waals surface area (Å²) in [7, 11) is 0. The Morgan fingerprint density at radius 2 is 0.845 bits per heavy atom. The van der Waals surface area contributed by atoms with Gasteiger partial charge < -0.3 is 0 Å². The molecule has 2 aromatic heterocycles. The van der Waals surface area contributed by atoms with Crippen molar-refractivity contribution in [1.29, 1.82) is 0 Å². The molecule has 0 radical (unpaired) electrons. The van der Waals surface area contributed by atoms with E-state index in [1.165, 1.54) is 70.2 Å². The fourth-order valence-corrected chi connectivity index (χ4v) is 10.1. The number of rotatable bonds is 6. The summed E-state index contributed by atoms with van der Waals surface area (Å²) in [6.45, 7) is 4.71. The van der Waals surface area contributed by atoms with E-state index in [-0.39, 0.29) is 5.41 Å². The Balaban J connectivity index is 1.10. The molecule has 0 unspecified atom stereocenters. The second-order valence-corrected chi connectivity index (χ2v) is 16.6. The molecule has 8 aromatic carbocycles. The average Bonchev–Trinajstić information content (AvgIpc) is 3.78. The third kappa shape index (κ3) is 5.68. The van der Waals surface area contributed by atoms with E-state index in [1.807, 2.05) is 47.7 Å². The van der Waals surface area contributed by atoms with Gasteiger partial charge >= 0.3 is 0 Å². The van der Waals surface area contributed by atoms with Gasteiger partial charge in [0.25, 0.3) is 0 Å². The molecule has 4 heteroatoms. The summed E-state index contributed by atoms with van der Waals surface area (Å²) < 4.78 is 2.56. The summed E-state index contributed by atoms with van der Waals surface area (Å²) in [6, 6.07) is 67.2. The highest BCUT2D eigenvalue weighted by atomic mass is 32.1. The fourth-order valence-electron chi connectivity index (χ4n) is 8.77. The van der Waals surface area contributed by atoms with Crippen LogP contribution in [0.4, 0.5) is 0 Å². The zero-order valence-corrected chi connectivity index (χ0v) is 33.0. The van der Waals surface area contributed by atoms with Crippen molar-refractivity contribution in [3.63, 3.8) is 0 Å². The van der Waals surface area contributed by atoms with Gasteiger partial charge in [-0.15, -0.1) is 11.3 Å². The third-order valence-electron chi connectivity index (χ3n) is 11.7. The molecule has 0 saturated heterocycles. The zero-order chi connectivity index (χ0) is 38.8. The summed E-state index contributed by atoms with van der Waals surface area (Å²) in [5.74, 6) is 1.95. The average molecular weight is 760 g/mol. The van der Waals surface area contributed by atoms with Gasteiger partial charge in [-0.3, -0.25) is 0 Å². The molecular formula is C54H37N3S. The van der Waals surface area contributed by atoms with Crippen LogP contribution in [0.1, 0.15) is 25.0 Å². The summed E-state index contributed by atoms with van der Waals surface area (Å²) in [4.78, 5) is 15.1. The monoisotopic (exact) mass is 759 g/mol. The predicted octanol–water partition coefficient (Wildman–Crippen LogP) is 14.5. The van der Waals surface area contributed by atoms with Crippen LogP contribution in [0.15, 0.2) is 188 Å². The molecule has 1 aliphatic carbocycles. The first-order valence-electron chi connectivity index (χ1n) is 19.8. The van der Waals surface area contributed by atoms with Crippen molar-refractivity contribution < 1.29 is 0 Å². The Morgan fingerprint density at radius 1 is 0.328 bits per heavy atom. The Hall–Kier alpha value is -7.01. The number of fused-ring (bicyclic) bond motifs is 6. The molecule has 3 nitrogen and oxygen atoms in total. The van der Waals surface area contributed by atoms with Crippen molar-refractivity contribution in [2.45, 2.75) is 19.3 Å². The maximum absolute atomic E-state index is 5.07. The topological polar surface area (TPSA) is 38.7 Å². The quantitative estimate of drug-likeness (QED) is 0.169. The Morgan fingerprint density at radius 3 is 1.55 bits per heavy atom. The minimum Gasteiger partial charge on any atom is -0.208 e. The van der Waals surface area contributed by atoms with Crippen molar-refractivity contribution in [2.24, 2.45) is 0 Å². The number of nitrogens with zero attached hydrogens (tertiary/aromatic N) is 3. The lowest BCUT2D eigenvalue weighted by atomic mass is 9.81. The summed E-state index contributed by atoms with van der Waals surface area (Å²) >= 11 is 1.89. The Bertz CT molecular complexity index is 3130. The van der Waals surface area contributed by atoms with Gasteiger partial charge in [-0.05, 0) is 74.3 Å². The SMILES string of the molecule is CC1(C)c2ccccc2-c2ccc(-c3cccc4c3sc3c(-c5cccc(-c6nc(-c7ccccc7)nc(-c7ccccc7)n6)c5)cc(-c5ccccc5)cc34)cc21. The zero-order valence-electron chi connectivity index (χ0n) is 32.1. The highest BCUT2D eigenvalue weighted by Gasteiger charge is 2.35. The lowest BCUT2D eigenvalue weighted by Crippen LogP contribution is -2.14. The lowest BCUT2D eigenvalue weighted by molar-refractivity contribution is 0.660. The molecular weight excluding hydrogens is 723 g/mol. The number of aromatic nitrogens is 3. The molecule has 58 heavy (non-hydrogen) atoms. The van der Waals surface area contributed by atoms with Crippen LogP contribution >= 0.6 is 11.3 Å². The van der Waals surface area contributed by atoms with Gasteiger partial charge in [0.05, 0.1) is 0 Å². The van der Waals surface area contributed by atoms with Gasteiger partial charge in [-0.2, -0.15) is 0 Å². The van der Waals surface area contributed by atoms with Crippen molar-refractivity contribution in [2.75, 3.05) is 0 Å². The molecule has 0 aliphatic heterocycles. The molecule has 0 fully saturated rings. The van der Waals surface area contributed by atoms with E-state index >= 15 is 0 Å². The minimum absolute atomic E-state index is 0.0684. The van der Waals surface area contributed by atoms with Crippen LogP contribution in [0.3, 0.4) is 0 Å². The normalized spacial score (nSPS) is 12.8. The van der Waals surface area contributed by atoms with Gasteiger partial charge in [0.15, 0.2) is 17.5 Å². The van der Waals surface area contributed by atoms with Crippen molar-refractivity contribution >= 4 is 31.5 Å². The standard InChI is InChI=1S/C54H37N3S/c1-54(2)47-27-13-12-24-42(47)43-29-28-38(33-48(43)54)41-25-15-26-44-46-32-40(34-16-6-3-7-17-34)31-45(50(46)58-49(41)44)37-22-14-23-39(30-37)53-56-51(35-18-8-4-9-19-35)55-52(57-53)36-20-10-5-11-21-36/h3-33H,1-2H3. The second-order valence-electron chi connectivity index (χ2n) is 15.6. The maximum Gasteiger partial charge on any atom is 0.164 e. The summed E-state index contributed by atoms with van der Waals surface area (Å²) in [6.07, 6.45) is 0. The molecule has 0 spiro atoms. The first kappa shape index (κ1) is 34.3. The number of thiophene rings is 1. The van der Waals surface area contributed by atoms with E-state index in [0.29, 0.717) is 17.5 Å². The van der Waals surface area contributed by atoms with E-state index in [0.717, 1.165) is 22.3 Å². The van der Waals surface area contributed by atoms with Crippen LogP contribution < -0.4 is 0 Å². The third-order valence-corrected chi connectivity index (χ3v) is 13.0. The largest absolute Gasteiger partial charge is 0.208 e. The van der Waals surface area contributed by atoms with Crippen molar-refractivity contribution in [3.8, 4) is 78.7 Å². The predicted molar refractivity (Wildman–Crippen MR) is 243 cm³/mol. The van der Waals surface area contributed by atoms with Crippen LogP contribution in [-0.2, 0) is 5.41 Å². The first-order chi connectivity index (χ1) is 28.5.